The van der Waals surface area contributed by atoms with Crippen LogP contribution in [0.25, 0.3) is 0 Å². The first-order chi connectivity index (χ1) is 8.49. The first-order valence-corrected chi connectivity index (χ1v) is 5.90. The molecule has 0 saturated carbocycles. The molecule has 0 heterocycles. The first-order valence-electron chi connectivity index (χ1n) is 5.90. The van der Waals surface area contributed by atoms with Crippen LogP contribution in [0.15, 0.2) is 18.2 Å². The van der Waals surface area contributed by atoms with E-state index in [2.05, 4.69) is 0 Å². The molecule has 0 amide bonds. The van der Waals surface area contributed by atoms with Crippen molar-refractivity contribution in [1.82, 2.24) is 4.90 Å². The molecule has 1 atom stereocenters. The zero-order chi connectivity index (χ0) is 13.7. The number of benzene rings is 1. The Morgan fingerprint density at radius 2 is 1.89 bits per heavy atom. The highest BCUT2D eigenvalue weighted by Crippen LogP contribution is 2.13. The number of halogens is 2. The molecule has 0 bridgehead atoms. The molecule has 1 rings (SSSR count). The van der Waals surface area contributed by atoms with E-state index in [1.54, 1.807) is 4.90 Å². The Morgan fingerprint density at radius 3 is 2.33 bits per heavy atom. The van der Waals surface area contributed by atoms with E-state index >= 15 is 0 Å². The van der Waals surface area contributed by atoms with Crippen LogP contribution >= 0.6 is 0 Å². The first kappa shape index (κ1) is 14.6. The van der Waals surface area contributed by atoms with Crippen LogP contribution in [0.4, 0.5) is 8.78 Å². The molecule has 0 aliphatic rings. The summed E-state index contributed by atoms with van der Waals surface area (Å²) in [5.41, 5.74) is 0.480. The molecule has 1 aromatic carbocycles. The minimum atomic E-state index is -0.955. The van der Waals surface area contributed by atoms with Gasteiger partial charge in [0, 0.05) is 0 Å². The maximum atomic E-state index is 13.1. The Bertz CT molecular complexity index is 419. The monoisotopic (exact) mass is 257 g/mol. The molecular weight excluding hydrogens is 240 g/mol. The zero-order valence-corrected chi connectivity index (χ0v) is 10.5. The molecule has 1 N–H and O–H groups in total. The third-order valence-corrected chi connectivity index (χ3v) is 2.95. The predicted octanol–water partition coefficient (Wildman–Crippen LogP) is 2.30. The second-order valence-electron chi connectivity index (χ2n) is 4.03. The lowest BCUT2D eigenvalue weighted by atomic mass is 10.0. The van der Waals surface area contributed by atoms with Crippen LogP contribution < -0.4 is 0 Å². The Morgan fingerprint density at radius 1 is 1.28 bits per heavy atom. The van der Waals surface area contributed by atoms with Gasteiger partial charge in [0.1, 0.15) is 6.04 Å². The largest absolute Gasteiger partial charge is 0.480 e. The van der Waals surface area contributed by atoms with Gasteiger partial charge in [0.05, 0.1) is 0 Å². The molecular formula is C13H17F2NO2. The van der Waals surface area contributed by atoms with E-state index in [-0.39, 0.29) is 6.42 Å². The molecule has 100 valence electrons. The fraction of sp³-hybridized carbons (Fsp3) is 0.462. The lowest BCUT2D eigenvalue weighted by Gasteiger charge is -2.26. The van der Waals surface area contributed by atoms with E-state index < -0.39 is 23.6 Å². The number of carboxylic acid groups (broad SMARTS) is 1. The predicted molar refractivity (Wildman–Crippen MR) is 64.4 cm³/mol. The number of nitrogens with zero attached hydrogens (tertiary/aromatic N) is 1. The normalized spacial score (nSPS) is 12.7. The molecule has 0 radical (unpaired) electrons. The van der Waals surface area contributed by atoms with Crippen molar-refractivity contribution < 1.29 is 18.7 Å². The van der Waals surface area contributed by atoms with Crippen molar-refractivity contribution in [3.63, 3.8) is 0 Å². The van der Waals surface area contributed by atoms with Gasteiger partial charge in [-0.15, -0.1) is 0 Å². The lowest BCUT2D eigenvalue weighted by Crippen LogP contribution is -2.42. The SMILES string of the molecule is CCN(CC)C(Cc1ccc(F)c(F)c1)C(=O)O. The minimum Gasteiger partial charge on any atom is -0.480 e. The van der Waals surface area contributed by atoms with Gasteiger partial charge < -0.3 is 5.11 Å². The summed E-state index contributed by atoms with van der Waals surface area (Å²) >= 11 is 0. The van der Waals surface area contributed by atoms with Crippen LogP contribution in [0.3, 0.4) is 0 Å². The van der Waals surface area contributed by atoms with Crippen LogP contribution in [-0.4, -0.2) is 35.1 Å². The fourth-order valence-electron chi connectivity index (χ4n) is 1.93. The summed E-state index contributed by atoms with van der Waals surface area (Å²) < 4.78 is 25.8. The number of aliphatic carboxylic acids is 1. The topological polar surface area (TPSA) is 40.5 Å². The van der Waals surface area contributed by atoms with E-state index in [9.17, 15) is 18.7 Å². The summed E-state index contributed by atoms with van der Waals surface area (Å²) in [7, 11) is 0. The van der Waals surface area contributed by atoms with E-state index in [4.69, 9.17) is 0 Å². The van der Waals surface area contributed by atoms with Gasteiger partial charge >= 0.3 is 5.97 Å². The van der Waals surface area contributed by atoms with Crippen molar-refractivity contribution >= 4 is 5.97 Å². The maximum absolute atomic E-state index is 13.1. The average molecular weight is 257 g/mol. The minimum absolute atomic E-state index is 0.161. The van der Waals surface area contributed by atoms with Gasteiger partial charge in [-0.3, -0.25) is 9.69 Å². The van der Waals surface area contributed by atoms with Crippen molar-refractivity contribution in [3.8, 4) is 0 Å². The van der Waals surface area contributed by atoms with Crippen LogP contribution in [0.2, 0.25) is 0 Å². The van der Waals surface area contributed by atoms with Gasteiger partial charge in [0.15, 0.2) is 11.6 Å². The smallest absolute Gasteiger partial charge is 0.321 e. The summed E-state index contributed by atoms with van der Waals surface area (Å²) in [5, 5.41) is 9.18. The van der Waals surface area contributed by atoms with Crippen LogP contribution in [0, 0.1) is 11.6 Å². The highest BCUT2D eigenvalue weighted by Gasteiger charge is 2.23. The summed E-state index contributed by atoms with van der Waals surface area (Å²) in [6.45, 7) is 4.92. The highest BCUT2D eigenvalue weighted by atomic mass is 19.2. The molecule has 18 heavy (non-hydrogen) atoms. The number of hydrogen-bond donors (Lipinski definition) is 1. The van der Waals surface area contributed by atoms with Gasteiger partial charge in [-0.1, -0.05) is 19.9 Å². The van der Waals surface area contributed by atoms with Crippen molar-refractivity contribution in [2.45, 2.75) is 26.3 Å². The van der Waals surface area contributed by atoms with Gasteiger partial charge in [0.2, 0.25) is 0 Å². The molecule has 0 aliphatic heterocycles. The molecule has 3 nitrogen and oxygen atoms in total. The van der Waals surface area contributed by atoms with Gasteiger partial charge in [-0.25, -0.2) is 8.78 Å². The van der Waals surface area contributed by atoms with E-state index in [1.165, 1.54) is 6.07 Å². The van der Waals surface area contributed by atoms with Gasteiger partial charge in [-0.05, 0) is 37.2 Å². The molecule has 0 saturated heterocycles. The van der Waals surface area contributed by atoms with E-state index in [0.717, 1.165) is 12.1 Å². The molecule has 0 aromatic heterocycles. The fourth-order valence-corrected chi connectivity index (χ4v) is 1.93. The van der Waals surface area contributed by atoms with Crippen LogP contribution in [-0.2, 0) is 11.2 Å². The average Bonchev–Trinajstić information content (AvgIpc) is 2.33. The van der Waals surface area contributed by atoms with Crippen molar-refractivity contribution in [2.24, 2.45) is 0 Å². The summed E-state index contributed by atoms with van der Waals surface area (Å²) in [5.74, 6) is -2.83. The Labute approximate surface area is 105 Å². The molecule has 0 fully saturated rings. The maximum Gasteiger partial charge on any atom is 0.321 e. The zero-order valence-electron chi connectivity index (χ0n) is 10.5. The van der Waals surface area contributed by atoms with Crippen molar-refractivity contribution in [2.75, 3.05) is 13.1 Å². The number of carboxylic acids is 1. The molecule has 5 heteroatoms. The molecule has 1 unspecified atom stereocenters. The summed E-state index contributed by atoms with van der Waals surface area (Å²) in [4.78, 5) is 13.0. The van der Waals surface area contributed by atoms with E-state index in [0.29, 0.717) is 18.7 Å². The Balaban J connectivity index is 2.89. The lowest BCUT2D eigenvalue weighted by molar-refractivity contribution is -0.143. The van der Waals surface area contributed by atoms with Crippen molar-refractivity contribution in [3.05, 3.63) is 35.4 Å². The molecule has 0 aliphatic carbocycles. The Hall–Kier alpha value is -1.49. The van der Waals surface area contributed by atoms with Crippen molar-refractivity contribution in [1.29, 1.82) is 0 Å². The second kappa shape index (κ2) is 6.44. The summed E-state index contributed by atoms with van der Waals surface area (Å²) in [6, 6.07) is 2.77. The third kappa shape index (κ3) is 3.50. The number of likely N-dealkylation sites (N-methyl/N-ethyl adjacent to an activating group) is 1. The van der Waals surface area contributed by atoms with Crippen LogP contribution in [0.1, 0.15) is 19.4 Å². The highest BCUT2D eigenvalue weighted by molar-refractivity contribution is 5.74. The van der Waals surface area contributed by atoms with Crippen LogP contribution in [0.5, 0.6) is 0 Å². The molecule has 1 aromatic rings. The van der Waals surface area contributed by atoms with E-state index in [1.807, 2.05) is 13.8 Å². The number of rotatable bonds is 6. The summed E-state index contributed by atoms with van der Waals surface area (Å²) in [6.07, 6.45) is 0.161. The quantitative estimate of drug-likeness (QED) is 0.850. The van der Waals surface area contributed by atoms with Gasteiger partial charge in [-0.2, -0.15) is 0 Å². The van der Waals surface area contributed by atoms with Gasteiger partial charge in [0.25, 0.3) is 0 Å². The standard InChI is InChI=1S/C13H17F2NO2/c1-3-16(4-2)12(13(17)18)8-9-5-6-10(14)11(15)7-9/h5-7,12H,3-4,8H2,1-2H3,(H,17,18). The molecule has 0 spiro atoms. The second-order valence-corrected chi connectivity index (χ2v) is 4.03. The Kier molecular flexibility index (Phi) is 5.22. The third-order valence-electron chi connectivity index (χ3n) is 2.95. The number of hydrogen-bond acceptors (Lipinski definition) is 2. The number of carbonyl (C=O) groups is 1.